The summed E-state index contributed by atoms with van der Waals surface area (Å²) in [6.07, 6.45) is 5.36. The lowest BCUT2D eigenvalue weighted by Crippen LogP contribution is -2.09. The van der Waals surface area contributed by atoms with E-state index < -0.39 is 0 Å². The Morgan fingerprint density at radius 3 is 2.67 bits per heavy atom. The lowest BCUT2D eigenvalue weighted by molar-refractivity contribution is 0.627. The maximum Gasteiger partial charge on any atom is 0.178 e. The van der Waals surface area contributed by atoms with Crippen LogP contribution in [0.3, 0.4) is 0 Å². The van der Waals surface area contributed by atoms with Crippen LogP contribution in [0, 0.1) is 12.7 Å². The van der Waals surface area contributed by atoms with Gasteiger partial charge in [0.2, 0.25) is 0 Å². The molecule has 178 valence electrons. The molecular formula is C28H24FN7. The highest BCUT2D eigenvalue weighted by Crippen LogP contribution is 2.33. The van der Waals surface area contributed by atoms with Crippen LogP contribution in [0.15, 0.2) is 67.1 Å². The highest BCUT2D eigenvalue weighted by molar-refractivity contribution is 5.97. The molecule has 7 nitrogen and oxygen atoms in total. The third-order valence-electron chi connectivity index (χ3n) is 6.06. The number of nitrogens with one attached hydrogen (secondary N) is 3. The van der Waals surface area contributed by atoms with Crippen molar-refractivity contribution in [2.24, 2.45) is 0 Å². The Hall–Kier alpha value is -4.59. The predicted molar refractivity (Wildman–Crippen MR) is 141 cm³/mol. The summed E-state index contributed by atoms with van der Waals surface area (Å²) in [4.78, 5) is 16.9. The van der Waals surface area contributed by atoms with Crippen LogP contribution >= 0.6 is 0 Å². The number of hydrogen-bond acceptors (Lipinski definition) is 5. The molecule has 0 aliphatic carbocycles. The molecule has 0 saturated heterocycles. The van der Waals surface area contributed by atoms with Gasteiger partial charge in [0.1, 0.15) is 11.5 Å². The summed E-state index contributed by atoms with van der Waals surface area (Å²) in [5, 5.41) is 12.0. The van der Waals surface area contributed by atoms with Gasteiger partial charge in [0.15, 0.2) is 11.5 Å². The zero-order valence-electron chi connectivity index (χ0n) is 20.1. The van der Waals surface area contributed by atoms with Crippen LogP contribution in [0.1, 0.15) is 19.4 Å². The Bertz CT molecular complexity index is 1710. The quantitative estimate of drug-likeness (QED) is 0.263. The van der Waals surface area contributed by atoms with Crippen LogP contribution < -0.4 is 5.32 Å². The Balaban J connectivity index is 1.45. The topological polar surface area (TPSA) is 95.2 Å². The molecule has 0 unspecified atom stereocenters. The zero-order valence-corrected chi connectivity index (χ0v) is 20.1. The average Bonchev–Trinajstić information content (AvgIpc) is 3.46. The molecule has 0 bridgehead atoms. The fourth-order valence-corrected chi connectivity index (χ4v) is 4.54. The molecule has 0 amide bonds. The van der Waals surface area contributed by atoms with Crippen molar-refractivity contribution in [1.82, 2.24) is 30.1 Å². The van der Waals surface area contributed by atoms with E-state index >= 15 is 0 Å². The number of rotatable bonds is 5. The Kier molecular flexibility index (Phi) is 5.21. The second-order valence-corrected chi connectivity index (χ2v) is 9.25. The standard InChI is InChI=1S/C28H24FN7/c1-15(2)32-21-11-19(13-30-14-21)17-4-5-24-23(12-17)26(36-35-24)28-33-25-22(6-7-31-27(25)34-28)18-8-16(3)9-20(29)10-18/h4-15,32H,1-3H3,(H,35,36)(H,31,33,34). The van der Waals surface area contributed by atoms with Gasteiger partial charge >= 0.3 is 0 Å². The summed E-state index contributed by atoms with van der Waals surface area (Å²) in [6, 6.07) is 15.4. The molecule has 0 spiro atoms. The number of pyridine rings is 2. The molecule has 0 atom stereocenters. The maximum atomic E-state index is 14.1. The minimum Gasteiger partial charge on any atom is -0.382 e. The monoisotopic (exact) mass is 477 g/mol. The van der Waals surface area contributed by atoms with Gasteiger partial charge in [-0.15, -0.1) is 0 Å². The largest absolute Gasteiger partial charge is 0.382 e. The number of aryl methyl sites for hydroxylation is 1. The number of halogens is 1. The lowest BCUT2D eigenvalue weighted by atomic mass is 10.0. The van der Waals surface area contributed by atoms with Crippen molar-refractivity contribution in [1.29, 1.82) is 0 Å². The van der Waals surface area contributed by atoms with Gasteiger partial charge in [0.05, 0.1) is 16.7 Å². The van der Waals surface area contributed by atoms with Crippen molar-refractivity contribution in [2.75, 3.05) is 5.32 Å². The molecule has 0 radical (unpaired) electrons. The fraction of sp³-hybridized carbons (Fsp3) is 0.143. The van der Waals surface area contributed by atoms with Gasteiger partial charge in [-0.05, 0) is 73.9 Å². The van der Waals surface area contributed by atoms with Gasteiger partial charge in [0, 0.05) is 41.1 Å². The minimum atomic E-state index is -0.275. The Morgan fingerprint density at radius 1 is 0.944 bits per heavy atom. The number of hydrogen-bond donors (Lipinski definition) is 3. The summed E-state index contributed by atoms with van der Waals surface area (Å²) in [6.45, 7) is 6.07. The maximum absolute atomic E-state index is 14.1. The Labute approximate surface area is 206 Å². The molecule has 2 aromatic carbocycles. The van der Waals surface area contributed by atoms with E-state index in [2.05, 4.69) is 56.4 Å². The summed E-state index contributed by atoms with van der Waals surface area (Å²) >= 11 is 0. The molecule has 0 saturated carbocycles. The number of aromatic amines is 2. The van der Waals surface area contributed by atoms with Gasteiger partial charge in [-0.1, -0.05) is 12.1 Å². The normalized spacial score (nSPS) is 11.6. The molecule has 0 aliphatic heterocycles. The van der Waals surface area contributed by atoms with Gasteiger partial charge in [-0.25, -0.2) is 14.4 Å². The van der Waals surface area contributed by atoms with Crippen molar-refractivity contribution in [2.45, 2.75) is 26.8 Å². The number of H-pyrrole nitrogens is 2. The number of anilines is 1. The molecule has 36 heavy (non-hydrogen) atoms. The first-order chi connectivity index (χ1) is 17.4. The second-order valence-electron chi connectivity index (χ2n) is 9.25. The summed E-state index contributed by atoms with van der Waals surface area (Å²) < 4.78 is 14.1. The third-order valence-corrected chi connectivity index (χ3v) is 6.06. The smallest absolute Gasteiger partial charge is 0.178 e. The number of aromatic nitrogens is 6. The van der Waals surface area contributed by atoms with Gasteiger partial charge in [0.25, 0.3) is 0 Å². The van der Waals surface area contributed by atoms with Crippen LogP contribution in [0.25, 0.3) is 55.8 Å². The molecule has 6 aromatic rings. The fourth-order valence-electron chi connectivity index (χ4n) is 4.54. The van der Waals surface area contributed by atoms with Crippen molar-refractivity contribution in [3.8, 4) is 33.8 Å². The molecule has 4 aromatic heterocycles. The van der Waals surface area contributed by atoms with Crippen LogP contribution in [0.4, 0.5) is 10.1 Å². The number of nitrogens with zero attached hydrogens (tertiary/aromatic N) is 4. The average molecular weight is 478 g/mol. The van der Waals surface area contributed by atoms with E-state index in [9.17, 15) is 4.39 Å². The summed E-state index contributed by atoms with van der Waals surface area (Å²) in [5.41, 5.74) is 8.33. The van der Waals surface area contributed by atoms with Crippen molar-refractivity contribution in [3.05, 3.63) is 78.5 Å². The SMILES string of the molecule is Cc1cc(F)cc(-c2ccnc3nc(-c4n[nH]c5ccc(-c6cncc(NC(C)C)c6)cc45)[nH]c23)c1. The van der Waals surface area contributed by atoms with Crippen LogP contribution in [-0.2, 0) is 0 Å². The van der Waals surface area contributed by atoms with Crippen molar-refractivity contribution < 1.29 is 4.39 Å². The summed E-state index contributed by atoms with van der Waals surface area (Å²) in [7, 11) is 0. The number of benzene rings is 2. The van der Waals surface area contributed by atoms with Gasteiger partial charge in [-0.2, -0.15) is 5.10 Å². The molecule has 0 fully saturated rings. The minimum absolute atomic E-state index is 0.275. The van der Waals surface area contributed by atoms with Gasteiger partial charge < -0.3 is 10.3 Å². The summed E-state index contributed by atoms with van der Waals surface area (Å²) in [5.74, 6) is 0.317. The van der Waals surface area contributed by atoms with Gasteiger partial charge in [-0.3, -0.25) is 10.1 Å². The van der Waals surface area contributed by atoms with E-state index in [1.54, 1.807) is 6.20 Å². The lowest BCUT2D eigenvalue weighted by Gasteiger charge is -2.11. The molecule has 4 heterocycles. The van der Waals surface area contributed by atoms with Crippen LogP contribution in [0.5, 0.6) is 0 Å². The molecular weight excluding hydrogens is 453 g/mol. The van der Waals surface area contributed by atoms with Crippen LogP contribution in [0.2, 0.25) is 0 Å². The van der Waals surface area contributed by atoms with E-state index in [1.165, 1.54) is 12.1 Å². The van der Waals surface area contributed by atoms with E-state index in [1.807, 2.05) is 43.6 Å². The highest BCUT2D eigenvalue weighted by Gasteiger charge is 2.17. The second kappa shape index (κ2) is 8.57. The van der Waals surface area contributed by atoms with E-state index in [0.717, 1.165) is 49.9 Å². The van der Waals surface area contributed by atoms with E-state index in [0.29, 0.717) is 23.2 Å². The first-order valence-corrected chi connectivity index (χ1v) is 11.8. The molecule has 8 heteroatoms. The first kappa shape index (κ1) is 21.9. The Morgan fingerprint density at radius 2 is 1.83 bits per heavy atom. The van der Waals surface area contributed by atoms with Crippen molar-refractivity contribution >= 4 is 27.8 Å². The first-order valence-electron chi connectivity index (χ1n) is 11.8. The number of fused-ring (bicyclic) bond motifs is 2. The highest BCUT2D eigenvalue weighted by atomic mass is 19.1. The molecule has 3 N–H and O–H groups in total. The zero-order chi connectivity index (χ0) is 24.8. The third kappa shape index (κ3) is 3.96. The molecule has 0 aliphatic rings. The van der Waals surface area contributed by atoms with E-state index in [4.69, 9.17) is 4.98 Å². The molecule has 6 rings (SSSR count). The number of imidazole rings is 1. The van der Waals surface area contributed by atoms with E-state index in [-0.39, 0.29) is 5.82 Å². The van der Waals surface area contributed by atoms with Crippen LogP contribution in [-0.4, -0.2) is 36.2 Å². The predicted octanol–water partition coefficient (Wildman–Crippen LogP) is 6.50. The van der Waals surface area contributed by atoms with Crippen molar-refractivity contribution in [3.63, 3.8) is 0 Å².